The number of rotatable bonds is 4. The number of carbonyl (C=O) groups excluding carboxylic acids is 2. The van der Waals surface area contributed by atoms with Crippen molar-refractivity contribution in [2.24, 2.45) is 0 Å². The number of aromatic nitrogens is 2. The predicted molar refractivity (Wildman–Crippen MR) is 129 cm³/mol. The Hall–Kier alpha value is -3.20. The summed E-state index contributed by atoms with van der Waals surface area (Å²) in [5, 5.41) is 6.93. The van der Waals surface area contributed by atoms with E-state index in [9.17, 15) is 14.0 Å². The minimum atomic E-state index is -1.06. The normalized spacial score (nSPS) is 10.7. The predicted octanol–water partition coefficient (Wildman–Crippen LogP) is 6.92. The van der Waals surface area contributed by atoms with Gasteiger partial charge in [-0.2, -0.15) is 9.52 Å². The SMILES string of the molecule is O=C(Nc1ccccc1)N(Cl)C(=O)c1cc(Cl)c(-n2ccc(-c3ccc(Br)cc3)n2)cc1F. The van der Waals surface area contributed by atoms with Crippen LogP contribution in [0.2, 0.25) is 5.02 Å². The molecule has 0 aliphatic rings. The monoisotopic (exact) mass is 546 g/mol. The standard InChI is InChI=1S/C23H14BrCl2FN4O2/c24-15-8-6-14(7-9-15)20-10-11-30(29-20)21-13-19(27)17(12-18(21)25)22(32)31(26)23(33)28-16-4-2-1-3-5-16/h1-13H,(H,28,33). The van der Waals surface area contributed by atoms with E-state index in [1.807, 2.05) is 24.3 Å². The van der Waals surface area contributed by atoms with Crippen molar-refractivity contribution in [3.05, 3.63) is 99.9 Å². The molecule has 0 spiro atoms. The summed E-state index contributed by atoms with van der Waals surface area (Å²) < 4.78 is 17.4. The Morgan fingerprint density at radius 2 is 1.73 bits per heavy atom. The van der Waals surface area contributed by atoms with E-state index in [4.69, 9.17) is 23.4 Å². The lowest BCUT2D eigenvalue weighted by atomic mass is 10.1. The lowest BCUT2D eigenvalue weighted by molar-refractivity contribution is 0.0889. The second-order valence-corrected chi connectivity index (χ2v) is 8.48. The molecule has 0 aliphatic heterocycles. The van der Waals surface area contributed by atoms with Gasteiger partial charge in [0.25, 0.3) is 5.91 Å². The van der Waals surface area contributed by atoms with Crippen LogP contribution in [0.5, 0.6) is 0 Å². The molecule has 0 fully saturated rings. The van der Waals surface area contributed by atoms with Crippen LogP contribution in [0.4, 0.5) is 14.9 Å². The van der Waals surface area contributed by atoms with Gasteiger partial charge < -0.3 is 5.32 Å². The highest BCUT2D eigenvalue weighted by Gasteiger charge is 2.26. The summed E-state index contributed by atoms with van der Waals surface area (Å²) in [5.41, 5.74) is 1.72. The Bertz CT molecular complexity index is 1330. The number of para-hydroxylation sites is 1. The van der Waals surface area contributed by atoms with Crippen molar-refractivity contribution < 1.29 is 14.0 Å². The van der Waals surface area contributed by atoms with Crippen molar-refractivity contribution in [3.8, 4) is 16.9 Å². The van der Waals surface area contributed by atoms with Gasteiger partial charge in [0.1, 0.15) is 5.82 Å². The van der Waals surface area contributed by atoms with E-state index >= 15 is 0 Å². The first kappa shape index (κ1) is 23.0. The van der Waals surface area contributed by atoms with E-state index in [1.54, 1.807) is 42.6 Å². The van der Waals surface area contributed by atoms with Crippen LogP contribution in [0.1, 0.15) is 10.4 Å². The van der Waals surface area contributed by atoms with Gasteiger partial charge in [-0.1, -0.05) is 57.9 Å². The average Bonchev–Trinajstić information content (AvgIpc) is 3.30. The number of halogens is 4. The average molecular weight is 548 g/mol. The van der Waals surface area contributed by atoms with Crippen LogP contribution in [0.15, 0.2) is 83.5 Å². The van der Waals surface area contributed by atoms with Gasteiger partial charge in [-0.3, -0.25) is 4.79 Å². The van der Waals surface area contributed by atoms with Crippen LogP contribution >= 0.6 is 39.3 Å². The molecule has 3 aromatic carbocycles. The van der Waals surface area contributed by atoms with Crippen LogP contribution in [-0.4, -0.2) is 26.1 Å². The molecule has 0 unspecified atom stereocenters. The van der Waals surface area contributed by atoms with Crippen molar-refractivity contribution in [2.45, 2.75) is 0 Å². The second-order valence-electron chi connectivity index (χ2n) is 6.82. The highest BCUT2D eigenvalue weighted by atomic mass is 79.9. The third-order valence-corrected chi connectivity index (χ3v) is 5.76. The van der Waals surface area contributed by atoms with Crippen molar-refractivity contribution in [1.29, 1.82) is 0 Å². The maximum Gasteiger partial charge on any atom is 0.343 e. The Balaban J connectivity index is 1.56. The molecular formula is C23H14BrCl2FN4O2. The Kier molecular flexibility index (Phi) is 6.78. The summed E-state index contributed by atoms with van der Waals surface area (Å²) in [6.07, 6.45) is 1.63. The Morgan fingerprint density at radius 1 is 1.03 bits per heavy atom. The molecule has 6 nitrogen and oxygen atoms in total. The Labute approximate surface area is 206 Å². The number of nitrogens with zero attached hydrogens (tertiary/aromatic N) is 3. The summed E-state index contributed by atoms with van der Waals surface area (Å²) in [6, 6.07) is 18.9. The molecule has 0 aliphatic carbocycles. The molecule has 166 valence electrons. The lowest BCUT2D eigenvalue weighted by Crippen LogP contribution is -2.33. The molecule has 4 rings (SSSR count). The summed E-state index contributed by atoms with van der Waals surface area (Å²) in [7, 11) is 0. The number of nitrogens with one attached hydrogen (secondary N) is 1. The van der Waals surface area contributed by atoms with Gasteiger partial charge in [-0.15, -0.1) is 0 Å². The maximum absolute atomic E-state index is 14.8. The number of carbonyl (C=O) groups is 2. The largest absolute Gasteiger partial charge is 0.343 e. The minimum absolute atomic E-state index is 0.0544. The molecule has 3 amide bonds. The number of hydrogen-bond acceptors (Lipinski definition) is 3. The minimum Gasteiger partial charge on any atom is -0.306 e. The van der Waals surface area contributed by atoms with Gasteiger partial charge >= 0.3 is 6.03 Å². The lowest BCUT2D eigenvalue weighted by Gasteiger charge is -2.15. The summed E-state index contributed by atoms with van der Waals surface area (Å²) in [6.45, 7) is 0. The molecule has 1 aromatic heterocycles. The first-order valence-electron chi connectivity index (χ1n) is 9.51. The maximum atomic E-state index is 14.8. The molecule has 0 radical (unpaired) electrons. The van der Waals surface area contributed by atoms with E-state index in [0.29, 0.717) is 11.4 Å². The highest BCUT2D eigenvalue weighted by molar-refractivity contribution is 9.10. The molecular weight excluding hydrogens is 534 g/mol. The molecule has 4 aromatic rings. The molecule has 0 bridgehead atoms. The van der Waals surface area contributed by atoms with Crippen molar-refractivity contribution in [1.82, 2.24) is 14.2 Å². The fraction of sp³-hybridized carbons (Fsp3) is 0. The number of urea groups is 1. The zero-order valence-corrected chi connectivity index (χ0v) is 19.8. The van der Waals surface area contributed by atoms with E-state index in [2.05, 4.69) is 26.3 Å². The number of amides is 3. The van der Waals surface area contributed by atoms with E-state index in [-0.39, 0.29) is 15.1 Å². The Morgan fingerprint density at radius 3 is 2.42 bits per heavy atom. The molecule has 33 heavy (non-hydrogen) atoms. The highest BCUT2D eigenvalue weighted by Crippen LogP contribution is 2.27. The van der Waals surface area contributed by atoms with E-state index < -0.39 is 23.3 Å². The van der Waals surface area contributed by atoms with Gasteiger partial charge in [0.15, 0.2) is 0 Å². The fourth-order valence-electron chi connectivity index (χ4n) is 3.00. The number of hydrogen-bond donors (Lipinski definition) is 1. The van der Waals surface area contributed by atoms with E-state index in [1.165, 1.54) is 4.68 Å². The summed E-state index contributed by atoms with van der Waals surface area (Å²) in [4.78, 5) is 24.9. The number of benzene rings is 3. The van der Waals surface area contributed by atoms with Gasteiger partial charge in [0, 0.05) is 39.8 Å². The first-order chi connectivity index (χ1) is 15.8. The summed E-state index contributed by atoms with van der Waals surface area (Å²) >= 11 is 15.6. The zero-order valence-electron chi connectivity index (χ0n) is 16.7. The van der Waals surface area contributed by atoms with Crippen LogP contribution in [0.3, 0.4) is 0 Å². The number of anilines is 1. The molecule has 0 atom stereocenters. The zero-order chi connectivity index (χ0) is 23.5. The topological polar surface area (TPSA) is 67.2 Å². The summed E-state index contributed by atoms with van der Waals surface area (Å²) in [5.74, 6) is -1.97. The second kappa shape index (κ2) is 9.74. The smallest absolute Gasteiger partial charge is 0.306 e. The molecule has 0 saturated heterocycles. The van der Waals surface area contributed by atoms with Crippen molar-refractivity contribution in [2.75, 3.05) is 5.32 Å². The van der Waals surface area contributed by atoms with Crippen LogP contribution in [0.25, 0.3) is 16.9 Å². The third kappa shape index (κ3) is 5.08. The van der Waals surface area contributed by atoms with Crippen molar-refractivity contribution in [3.63, 3.8) is 0 Å². The molecule has 10 heteroatoms. The van der Waals surface area contributed by atoms with Gasteiger partial charge in [0.2, 0.25) is 0 Å². The van der Waals surface area contributed by atoms with E-state index in [0.717, 1.165) is 22.2 Å². The van der Waals surface area contributed by atoms with Crippen LogP contribution in [0, 0.1) is 5.82 Å². The number of imide groups is 1. The first-order valence-corrected chi connectivity index (χ1v) is 11.0. The van der Waals surface area contributed by atoms with Crippen molar-refractivity contribution >= 4 is 56.9 Å². The van der Waals surface area contributed by atoms with Gasteiger partial charge in [-0.05, 0) is 36.4 Å². The van der Waals surface area contributed by atoms with Gasteiger partial charge in [-0.25, -0.2) is 13.9 Å². The quantitative estimate of drug-likeness (QED) is 0.282. The van der Waals surface area contributed by atoms with Crippen LogP contribution < -0.4 is 5.32 Å². The third-order valence-electron chi connectivity index (χ3n) is 4.62. The molecule has 1 heterocycles. The van der Waals surface area contributed by atoms with Crippen LogP contribution in [-0.2, 0) is 0 Å². The fourth-order valence-corrected chi connectivity index (χ4v) is 3.65. The molecule has 0 saturated carbocycles. The molecule has 1 N–H and O–H groups in total. The van der Waals surface area contributed by atoms with Gasteiger partial charge in [0.05, 0.1) is 22.0 Å².